The molecule has 1 atom stereocenters. The fourth-order valence-corrected chi connectivity index (χ4v) is 2.07. The van der Waals surface area contributed by atoms with Crippen LogP contribution >= 0.6 is 0 Å². The Morgan fingerprint density at radius 1 is 1.44 bits per heavy atom. The van der Waals surface area contributed by atoms with Gasteiger partial charge < -0.3 is 10.6 Å². The van der Waals surface area contributed by atoms with Crippen LogP contribution in [0.4, 0.5) is 10.1 Å². The van der Waals surface area contributed by atoms with E-state index in [1.165, 1.54) is 6.07 Å². The number of nitrogens with zero attached hydrogens (tertiary/aromatic N) is 1. The van der Waals surface area contributed by atoms with Crippen molar-refractivity contribution in [2.45, 2.75) is 39.3 Å². The molecule has 0 unspecified atom stereocenters. The van der Waals surface area contributed by atoms with Crippen LogP contribution in [-0.4, -0.2) is 12.1 Å². The summed E-state index contributed by atoms with van der Waals surface area (Å²) in [6.45, 7) is 12.5. The fourth-order valence-electron chi connectivity index (χ4n) is 2.07. The lowest BCUT2D eigenvalue weighted by molar-refractivity contribution is 0.514. The first-order valence-corrected chi connectivity index (χ1v) is 6.21. The lowest BCUT2D eigenvalue weighted by Crippen LogP contribution is -2.42. The number of benzene rings is 1. The zero-order chi connectivity index (χ0) is 13.9. The van der Waals surface area contributed by atoms with E-state index in [2.05, 4.69) is 32.3 Å². The van der Waals surface area contributed by atoms with Gasteiger partial charge in [0.1, 0.15) is 5.82 Å². The lowest BCUT2D eigenvalue weighted by Gasteiger charge is -2.38. The first-order valence-electron chi connectivity index (χ1n) is 6.21. The Labute approximate surface area is 109 Å². The highest BCUT2D eigenvalue weighted by molar-refractivity contribution is 5.57. The Morgan fingerprint density at radius 3 is 2.50 bits per heavy atom. The number of rotatable bonds is 4. The molecule has 0 spiro atoms. The van der Waals surface area contributed by atoms with Crippen LogP contribution in [0.1, 0.15) is 39.3 Å². The van der Waals surface area contributed by atoms with Gasteiger partial charge in [-0.25, -0.2) is 4.39 Å². The van der Waals surface area contributed by atoms with Gasteiger partial charge in [-0.15, -0.1) is 6.58 Å². The molecule has 0 heterocycles. The van der Waals surface area contributed by atoms with Crippen LogP contribution in [0.2, 0.25) is 0 Å². The molecule has 0 bridgehead atoms. The molecule has 0 aliphatic carbocycles. The second-order valence-corrected chi connectivity index (χ2v) is 5.53. The molecular formula is C15H23FN2. The van der Waals surface area contributed by atoms with Gasteiger partial charge in [0.25, 0.3) is 0 Å². The highest BCUT2D eigenvalue weighted by Gasteiger charge is 2.25. The Kier molecular flexibility index (Phi) is 4.52. The maximum absolute atomic E-state index is 14.0. The summed E-state index contributed by atoms with van der Waals surface area (Å²) in [6.07, 6.45) is 1.82. The standard InChI is InChI=1S/C15H23FN2/c1-6-10-18(15(3,4)5)13-9-7-8-12(16)14(13)11(2)17/h6-9,11H,1,10,17H2,2-5H3/t11-/m0/s1. The molecule has 18 heavy (non-hydrogen) atoms. The predicted octanol–water partition coefficient (Wildman–Crippen LogP) is 3.64. The third-order valence-electron chi connectivity index (χ3n) is 2.90. The smallest absolute Gasteiger partial charge is 0.130 e. The van der Waals surface area contributed by atoms with Crippen molar-refractivity contribution in [3.05, 3.63) is 42.2 Å². The van der Waals surface area contributed by atoms with Crippen LogP contribution in [-0.2, 0) is 0 Å². The largest absolute Gasteiger partial charge is 0.363 e. The quantitative estimate of drug-likeness (QED) is 0.827. The van der Waals surface area contributed by atoms with E-state index < -0.39 is 0 Å². The molecule has 0 fully saturated rings. The Balaban J connectivity index is 3.36. The fraction of sp³-hybridized carbons (Fsp3) is 0.467. The Hall–Kier alpha value is -1.35. The molecule has 0 radical (unpaired) electrons. The summed E-state index contributed by atoms with van der Waals surface area (Å²) in [6, 6.07) is 4.75. The minimum atomic E-state index is -0.337. The zero-order valence-electron chi connectivity index (χ0n) is 11.7. The molecule has 0 aliphatic heterocycles. The van der Waals surface area contributed by atoms with E-state index in [0.29, 0.717) is 12.1 Å². The van der Waals surface area contributed by atoms with Crippen molar-refractivity contribution in [1.82, 2.24) is 0 Å². The van der Waals surface area contributed by atoms with Crippen LogP contribution in [0.5, 0.6) is 0 Å². The van der Waals surface area contributed by atoms with Gasteiger partial charge in [0.15, 0.2) is 0 Å². The van der Waals surface area contributed by atoms with Gasteiger partial charge in [0.2, 0.25) is 0 Å². The molecule has 1 aromatic rings. The molecule has 2 nitrogen and oxygen atoms in total. The summed E-state index contributed by atoms with van der Waals surface area (Å²) in [4.78, 5) is 2.11. The lowest BCUT2D eigenvalue weighted by atomic mass is 9.99. The molecule has 1 rings (SSSR count). The van der Waals surface area contributed by atoms with Crippen LogP contribution in [0.15, 0.2) is 30.9 Å². The second-order valence-electron chi connectivity index (χ2n) is 5.53. The summed E-state index contributed by atoms with van der Waals surface area (Å²) in [5, 5.41) is 0. The van der Waals surface area contributed by atoms with E-state index in [4.69, 9.17) is 5.73 Å². The van der Waals surface area contributed by atoms with Gasteiger partial charge in [-0.05, 0) is 39.8 Å². The topological polar surface area (TPSA) is 29.3 Å². The van der Waals surface area contributed by atoms with Gasteiger partial charge in [-0.2, -0.15) is 0 Å². The number of anilines is 1. The highest BCUT2D eigenvalue weighted by Crippen LogP contribution is 2.32. The van der Waals surface area contributed by atoms with Crippen molar-refractivity contribution in [3.8, 4) is 0 Å². The monoisotopic (exact) mass is 250 g/mol. The van der Waals surface area contributed by atoms with Crippen molar-refractivity contribution in [2.24, 2.45) is 5.73 Å². The Morgan fingerprint density at radius 2 is 2.06 bits per heavy atom. The average molecular weight is 250 g/mol. The molecule has 3 heteroatoms. The van der Waals surface area contributed by atoms with E-state index in [-0.39, 0.29) is 17.4 Å². The van der Waals surface area contributed by atoms with Crippen molar-refractivity contribution in [1.29, 1.82) is 0 Å². The van der Waals surface area contributed by atoms with Gasteiger partial charge in [0, 0.05) is 29.4 Å². The first kappa shape index (κ1) is 14.7. The maximum Gasteiger partial charge on any atom is 0.130 e. The Bertz CT molecular complexity index is 419. The number of halogens is 1. The third kappa shape index (κ3) is 3.10. The van der Waals surface area contributed by atoms with Crippen LogP contribution < -0.4 is 10.6 Å². The van der Waals surface area contributed by atoms with Crippen LogP contribution in [0.3, 0.4) is 0 Å². The summed E-state index contributed by atoms with van der Waals surface area (Å²) in [5.74, 6) is -0.249. The predicted molar refractivity (Wildman–Crippen MR) is 76.3 cm³/mol. The van der Waals surface area contributed by atoms with Crippen molar-refractivity contribution in [2.75, 3.05) is 11.4 Å². The third-order valence-corrected chi connectivity index (χ3v) is 2.90. The van der Waals surface area contributed by atoms with E-state index in [9.17, 15) is 4.39 Å². The average Bonchev–Trinajstić information content (AvgIpc) is 2.23. The number of hydrogen-bond donors (Lipinski definition) is 1. The molecular weight excluding hydrogens is 227 g/mol. The molecule has 0 aromatic heterocycles. The number of nitrogens with two attached hydrogens (primary N) is 1. The molecule has 0 aliphatic rings. The summed E-state index contributed by atoms with van der Waals surface area (Å²) in [7, 11) is 0. The molecule has 1 aromatic carbocycles. The summed E-state index contributed by atoms with van der Waals surface area (Å²) < 4.78 is 14.0. The highest BCUT2D eigenvalue weighted by atomic mass is 19.1. The molecule has 100 valence electrons. The molecule has 0 amide bonds. The zero-order valence-corrected chi connectivity index (χ0v) is 11.7. The summed E-state index contributed by atoms with van der Waals surface area (Å²) >= 11 is 0. The first-order chi connectivity index (χ1) is 8.29. The van der Waals surface area contributed by atoms with Gasteiger partial charge >= 0.3 is 0 Å². The van der Waals surface area contributed by atoms with Gasteiger partial charge in [-0.1, -0.05) is 12.1 Å². The minimum absolute atomic E-state index is 0.119. The van der Waals surface area contributed by atoms with E-state index >= 15 is 0 Å². The normalized spacial score (nSPS) is 13.2. The second kappa shape index (κ2) is 5.53. The summed E-state index contributed by atoms with van der Waals surface area (Å²) in [5.41, 5.74) is 7.19. The molecule has 2 N–H and O–H groups in total. The molecule has 0 saturated carbocycles. The maximum atomic E-state index is 14.0. The van der Waals surface area contributed by atoms with Gasteiger partial charge in [-0.3, -0.25) is 0 Å². The number of hydrogen-bond acceptors (Lipinski definition) is 2. The SMILES string of the molecule is C=CCN(c1cccc(F)c1[C@H](C)N)C(C)(C)C. The van der Waals surface area contributed by atoms with Crippen LogP contribution in [0, 0.1) is 5.82 Å². The van der Waals surface area contributed by atoms with E-state index in [0.717, 1.165) is 5.69 Å². The van der Waals surface area contributed by atoms with Gasteiger partial charge in [0.05, 0.1) is 0 Å². The molecule has 0 saturated heterocycles. The van der Waals surface area contributed by atoms with Crippen molar-refractivity contribution < 1.29 is 4.39 Å². The van der Waals surface area contributed by atoms with E-state index in [1.807, 2.05) is 12.1 Å². The van der Waals surface area contributed by atoms with Crippen molar-refractivity contribution >= 4 is 5.69 Å². The van der Waals surface area contributed by atoms with Crippen molar-refractivity contribution in [3.63, 3.8) is 0 Å². The van der Waals surface area contributed by atoms with E-state index in [1.54, 1.807) is 13.0 Å². The minimum Gasteiger partial charge on any atom is -0.363 e. The van der Waals surface area contributed by atoms with Crippen LogP contribution in [0.25, 0.3) is 0 Å².